The molecule has 1 rings (SSSR count). The van der Waals surface area contributed by atoms with Crippen LogP contribution in [-0.4, -0.2) is 31.3 Å². The van der Waals surface area contributed by atoms with Crippen LogP contribution < -0.4 is 5.73 Å². The molecule has 3 heteroatoms. The van der Waals surface area contributed by atoms with E-state index in [1.54, 1.807) is 0 Å². The minimum atomic E-state index is 0.681. The highest BCUT2D eigenvalue weighted by atomic mass is 16.7. The van der Waals surface area contributed by atoms with Crippen LogP contribution >= 0.6 is 0 Å². The fourth-order valence-corrected chi connectivity index (χ4v) is 2.91. The SMILES string of the molecule is CON(CCCCCCCCN)C1CCCCC1. The summed E-state index contributed by atoms with van der Waals surface area (Å²) in [5, 5.41) is 2.24. The first-order valence-electron chi connectivity index (χ1n) is 7.89. The van der Waals surface area contributed by atoms with E-state index in [9.17, 15) is 0 Å². The van der Waals surface area contributed by atoms with Gasteiger partial charge in [0.05, 0.1) is 7.11 Å². The quantitative estimate of drug-likeness (QED) is 0.480. The van der Waals surface area contributed by atoms with Gasteiger partial charge in [0, 0.05) is 12.6 Å². The first-order chi connectivity index (χ1) is 8.88. The largest absolute Gasteiger partial charge is 0.330 e. The number of hydroxylamine groups is 2. The van der Waals surface area contributed by atoms with Gasteiger partial charge in [-0.2, -0.15) is 5.06 Å². The number of nitrogens with zero attached hydrogens (tertiary/aromatic N) is 1. The summed E-state index contributed by atoms with van der Waals surface area (Å²) < 4.78 is 0. The predicted octanol–water partition coefficient (Wildman–Crippen LogP) is 3.48. The molecular formula is C15H32N2O. The molecule has 1 fully saturated rings. The lowest BCUT2D eigenvalue weighted by atomic mass is 9.95. The molecule has 0 amide bonds. The van der Waals surface area contributed by atoms with Crippen LogP contribution in [-0.2, 0) is 4.84 Å². The molecule has 1 aliphatic carbocycles. The highest BCUT2D eigenvalue weighted by Gasteiger charge is 2.20. The topological polar surface area (TPSA) is 38.5 Å². The Morgan fingerprint density at radius 2 is 1.56 bits per heavy atom. The first kappa shape index (κ1) is 15.9. The lowest BCUT2D eigenvalue weighted by molar-refractivity contribution is -0.168. The summed E-state index contributed by atoms with van der Waals surface area (Å²) in [5.41, 5.74) is 5.49. The van der Waals surface area contributed by atoms with Crippen LogP contribution in [0.2, 0.25) is 0 Å². The van der Waals surface area contributed by atoms with Crippen LogP contribution in [0.4, 0.5) is 0 Å². The molecule has 0 aliphatic heterocycles. The lowest BCUT2D eigenvalue weighted by Gasteiger charge is -2.32. The standard InChI is InChI=1S/C15H32N2O/c1-18-17(15-11-7-6-8-12-15)14-10-5-3-2-4-9-13-16/h15H,2-14,16H2,1H3. The van der Waals surface area contributed by atoms with Crippen LogP contribution in [0.5, 0.6) is 0 Å². The minimum Gasteiger partial charge on any atom is -0.330 e. The molecule has 0 spiro atoms. The van der Waals surface area contributed by atoms with Crippen LogP contribution in [0.15, 0.2) is 0 Å². The van der Waals surface area contributed by atoms with E-state index in [0.29, 0.717) is 6.04 Å². The van der Waals surface area contributed by atoms with E-state index < -0.39 is 0 Å². The molecule has 0 heterocycles. The van der Waals surface area contributed by atoms with Crippen molar-refractivity contribution in [3.05, 3.63) is 0 Å². The maximum atomic E-state index is 5.55. The number of nitrogens with two attached hydrogens (primary N) is 1. The number of hydrogen-bond acceptors (Lipinski definition) is 3. The lowest BCUT2D eigenvalue weighted by Crippen LogP contribution is -2.36. The fourth-order valence-electron chi connectivity index (χ4n) is 2.91. The molecule has 0 saturated heterocycles. The highest BCUT2D eigenvalue weighted by molar-refractivity contribution is 4.71. The van der Waals surface area contributed by atoms with Crippen molar-refractivity contribution < 1.29 is 4.84 Å². The Kier molecular flexibility index (Phi) is 9.54. The molecule has 0 aromatic carbocycles. The third-order valence-corrected chi connectivity index (χ3v) is 4.05. The summed E-state index contributed by atoms with van der Waals surface area (Å²) in [5.74, 6) is 0. The molecule has 18 heavy (non-hydrogen) atoms. The summed E-state index contributed by atoms with van der Waals surface area (Å²) in [6, 6.07) is 0.681. The Labute approximate surface area is 113 Å². The van der Waals surface area contributed by atoms with E-state index in [-0.39, 0.29) is 0 Å². The zero-order chi connectivity index (χ0) is 13.1. The minimum absolute atomic E-state index is 0.681. The van der Waals surface area contributed by atoms with Crippen molar-refractivity contribution in [3.8, 4) is 0 Å². The summed E-state index contributed by atoms with van der Waals surface area (Å²) in [6.07, 6.45) is 14.6. The van der Waals surface area contributed by atoms with Gasteiger partial charge in [0.1, 0.15) is 0 Å². The summed E-state index contributed by atoms with van der Waals surface area (Å²) in [6.45, 7) is 1.96. The molecule has 3 nitrogen and oxygen atoms in total. The maximum Gasteiger partial charge on any atom is 0.0575 e. The van der Waals surface area contributed by atoms with Crippen molar-refractivity contribution in [2.24, 2.45) is 5.73 Å². The van der Waals surface area contributed by atoms with Gasteiger partial charge in [0.25, 0.3) is 0 Å². The van der Waals surface area contributed by atoms with Gasteiger partial charge in [-0.25, -0.2) is 0 Å². The first-order valence-corrected chi connectivity index (χ1v) is 7.89. The molecule has 2 N–H and O–H groups in total. The Hall–Kier alpha value is -0.120. The van der Waals surface area contributed by atoms with Gasteiger partial charge in [0.2, 0.25) is 0 Å². The molecule has 0 radical (unpaired) electrons. The predicted molar refractivity (Wildman–Crippen MR) is 77.3 cm³/mol. The molecule has 1 saturated carbocycles. The van der Waals surface area contributed by atoms with E-state index in [2.05, 4.69) is 5.06 Å². The molecular weight excluding hydrogens is 224 g/mol. The normalized spacial score (nSPS) is 17.5. The third-order valence-electron chi connectivity index (χ3n) is 4.05. The van der Waals surface area contributed by atoms with Crippen LogP contribution in [0.3, 0.4) is 0 Å². The Bertz CT molecular complexity index is 181. The van der Waals surface area contributed by atoms with Gasteiger partial charge in [-0.05, 0) is 32.2 Å². The van der Waals surface area contributed by atoms with Crippen LogP contribution in [0, 0.1) is 0 Å². The van der Waals surface area contributed by atoms with Crippen LogP contribution in [0.1, 0.15) is 70.6 Å². The highest BCUT2D eigenvalue weighted by Crippen LogP contribution is 2.23. The number of unbranched alkanes of at least 4 members (excludes halogenated alkanes) is 5. The van der Waals surface area contributed by atoms with Crippen molar-refractivity contribution >= 4 is 0 Å². The van der Waals surface area contributed by atoms with E-state index >= 15 is 0 Å². The summed E-state index contributed by atoms with van der Waals surface area (Å²) in [4.78, 5) is 5.55. The second-order valence-corrected chi connectivity index (χ2v) is 5.53. The van der Waals surface area contributed by atoms with Crippen molar-refractivity contribution in [1.82, 2.24) is 5.06 Å². The second kappa shape index (κ2) is 10.8. The molecule has 1 aliphatic rings. The summed E-state index contributed by atoms with van der Waals surface area (Å²) in [7, 11) is 1.83. The van der Waals surface area contributed by atoms with E-state index in [0.717, 1.165) is 13.1 Å². The molecule has 0 aromatic heterocycles. The van der Waals surface area contributed by atoms with E-state index in [1.165, 1.54) is 70.6 Å². The smallest absolute Gasteiger partial charge is 0.0575 e. The van der Waals surface area contributed by atoms with Gasteiger partial charge in [0.15, 0.2) is 0 Å². The fraction of sp³-hybridized carbons (Fsp3) is 1.00. The zero-order valence-corrected chi connectivity index (χ0v) is 12.2. The average molecular weight is 256 g/mol. The third kappa shape index (κ3) is 6.72. The van der Waals surface area contributed by atoms with Gasteiger partial charge in [-0.15, -0.1) is 0 Å². The van der Waals surface area contributed by atoms with E-state index in [1.807, 2.05) is 7.11 Å². The Morgan fingerprint density at radius 3 is 2.17 bits per heavy atom. The van der Waals surface area contributed by atoms with Crippen molar-refractivity contribution in [3.63, 3.8) is 0 Å². The number of rotatable bonds is 10. The Balaban J connectivity index is 2.00. The van der Waals surface area contributed by atoms with Gasteiger partial charge >= 0.3 is 0 Å². The molecule has 108 valence electrons. The molecule has 0 atom stereocenters. The average Bonchev–Trinajstić information content (AvgIpc) is 2.43. The molecule has 0 aromatic rings. The molecule has 0 bridgehead atoms. The van der Waals surface area contributed by atoms with Gasteiger partial charge in [-0.3, -0.25) is 0 Å². The maximum absolute atomic E-state index is 5.55. The molecule has 0 unspecified atom stereocenters. The summed E-state index contributed by atoms with van der Waals surface area (Å²) >= 11 is 0. The monoisotopic (exact) mass is 256 g/mol. The van der Waals surface area contributed by atoms with Crippen molar-refractivity contribution in [2.75, 3.05) is 20.2 Å². The second-order valence-electron chi connectivity index (χ2n) is 5.53. The van der Waals surface area contributed by atoms with Crippen molar-refractivity contribution in [1.29, 1.82) is 0 Å². The Morgan fingerprint density at radius 1 is 0.944 bits per heavy atom. The number of hydrogen-bond donors (Lipinski definition) is 1. The van der Waals surface area contributed by atoms with Crippen LogP contribution in [0.25, 0.3) is 0 Å². The van der Waals surface area contributed by atoms with Crippen molar-refractivity contribution in [2.45, 2.75) is 76.7 Å². The zero-order valence-electron chi connectivity index (χ0n) is 12.2. The van der Waals surface area contributed by atoms with Gasteiger partial charge < -0.3 is 10.6 Å². The van der Waals surface area contributed by atoms with Gasteiger partial charge in [-0.1, -0.05) is 44.9 Å². The van der Waals surface area contributed by atoms with E-state index in [4.69, 9.17) is 10.6 Å².